The fraction of sp³-hybridized carbons (Fsp3) is 0.467. The van der Waals surface area contributed by atoms with E-state index >= 15 is 0 Å². The molecule has 0 aromatic heterocycles. The van der Waals surface area contributed by atoms with Gasteiger partial charge in [0.1, 0.15) is 0 Å². The largest absolute Gasteiger partial charge is 0.325 e. The molecule has 0 saturated heterocycles. The fourth-order valence-corrected chi connectivity index (χ4v) is 2.02. The Morgan fingerprint density at radius 2 is 1.74 bits per heavy atom. The Balaban J connectivity index is 2.91. The molecule has 0 saturated carbocycles. The Morgan fingerprint density at radius 3 is 2.26 bits per heavy atom. The summed E-state index contributed by atoms with van der Waals surface area (Å²) in [4.78, 5) is 24.6. The summed E-state index contributed by atoms with van der Waals surface area (Å²) >= 11 is 1.18. The SMILES string of the molecule is CC(C)C(=O)Sc1ccccc1NC(=O)C(C)(C)C. The van der Waals surface area contributed by atoms with Gasteiger partial charge in [-0.15, -0.1) is 0 Å². The molecule has 0 heterocycles. The Morgan fingerprint density at radius 1 is 1.16 bits per heavy atom. The van der Waals surface area contributed by atoms with E-state index in [2.05, 4.69) is 5.32 Å². The van der Waals surface area contributed by atoms with E-state index in [0.29, 0.717) is 5.69 Å². The second-order valence-electron chi connectivity index (χ2n) is 5.78. The van der Waals surface area contributed by atoms with E-state index in [1.54, 1.807) is 0 Å². The molecule has 1 amide bonds. The predicted molar refractivity (Wildman–Crippen MR) is 80.2 cm³/mol. The number of thioether (sulfide) groups is 1. The lowest BCUT2D eigenvalue weighted by atomic mass is 9.95. The number of hydrogen-bond acceptors (Lipinski definition) is 3. The Hall–Kier alpha value is -1.29. The molecule has 3 nitrogen and oxygen atoms in total. The van der Waals surface area contributed by atoms with Crippen LogP contribution in [-0.4, -0.2) is 11.0 Å². The highest BCUT2D eigenvalue weighted by atomic mass is 32.2. The number of benzene rings is 1. The zero-order valence-corrected chi connectivity index (χ0v) is 12.9. The zero-order valence-electron chi connectivity index (χ0n) is 12.1. The van der Waals surface area contributed by atoms with Crippen molar-refractivity contribution in [1.29, 1.82) is 0 Å². The van der Waals surface area contributed by atoms with Gasteiger partial charge in [0, 0.05) is 16.2 Å². The van der Waals surface area contributed by atoms with E-state index < -0.39 is 5.41 Å². The lowest BCUT2D eigenvalue weighted by Crippen LogP contribution is -2.27. The van der Waals surface area contributed by atoms with Crippen molar-refractivity contribution in [1.82, 2.24) is 0 Å². The van der Waals surface area contributed by atoms with Gasteiger partial charge in [0.15, 0.2) is 5.12 Å². The Labute approximate surface area is 119 Å². The topological polar surface area (TPSA) is 46.2 Å². The van der Waals surface area contributed by atoms with Gasteiger partial charge in [-0.2, -0.15) is 0 Å². The maximum absolute atomic E-state index is 12.0. The minimum absolute atomic E-state index is 0.0311. The normalized spacial score (nSPS) is 11.5. The van der Waals surface area contributed by atoms with Crippen LogP contribution in [0.2, 0.25) is 0 Å². The summed E-state index contributed by atoms with van der Waals surface area (Å²) < 4.78 is 0. The number of nitrogens with one attached hydrogen (secondary N) is 1. The molecule has 104 valence electrons. The van der Waals surface area contributed by atoms with Crippen molar-refractivity contribution in [3.63, 3.8) is 0 Å². The first-order chi connectivity index (χ1) is 8.71. The van der Waals surface area contributed by atoms with Gasteiger partial charge in [-0.25, -0.2) is 0 Å². The second-order valence-corrected chi connectivity index (χ2v) is 6.82. The summed E-state index contributed by atoms with van der Waals surface area (Å²) in [5.41, 5.74) is 0.237. The standard InChI is InChI=1S/C15H21NO2S/c1-10(2)13(17)19-12-9-7-6-8-11(12)16-14(18)15(3,4)5/h6-10H,1-5H3,(H,16,18). The van der Waals surface area contributed by atoms with Gasteiger partial charge in [-0.1, -0.05) is 46.8 Å². The van der Waals surface area contributed by atoms with Crippen LogP contribution >= 0.6 is 11.8 Å². The molecule has 4 heteroatoms. The third-order valence-electron chi connectivity index (χ3n) is 2.50. The third-order valence-corrected chi connectivity index (χ3v) is 3.75. The first kappa shape index (κ1) is 15.8. The van der Waals surface area contributed by atoms with Crippen LogP contribution in [0, 0.1) is 11.3 Å². The molecule has 1 aromatic carbocycles. The van der Waals surface area contributed by atoms with Crippen molar-refractivity contribution in [3.8, 4) is 0 Å². The molecule has 0 unspecified atom stereocenters. The lowest BCUT2D eigenvalue weighted by molar-refractivity contribution is -0.123. The highest BCUT2D eigenvalue weighted by Crippen LogP contribution is 2.30. The predicted octanol–water partition coefficient (Wildman–Crippen LogP) is 3.95. The van der Waals surface area contributed by atoms with E-state index in [-0.39, 0.29) is 16.9 Å². The van der Waals surface area contributed by atoms with Gasteiger partial charge in [-0.3, -0.25) is 9.59 Å². The highest BCUT2D eigenvalue weighted by Gasteiger charge is 2.22. The van der Waals surface area contributed by atoms with Crippen molar-refractivity contribution < 1.29 is 9.59 Å². The van der Waals surface area contributed by atoms with Crippen LogP contribution in [0.25, 0.3) is 0 Å². The second kappa shape index (κ2) is 6.24. The molecule has 0 aliphatic heterocycles. The Bertz CT molecular complexity index is 475. The van der Waals surface area contributed by atoms with Gasteiger partial charge >= 0.3 is 0 Å². The molecular formula is C15H21NO2S. The van der Waals surface area contributed by atoms with Gasteiger partial charge in [-0.05, 0) is 23.9 Å². The van der Waals surface area contributed by atoms with Gasteiger partial charge in [0.2, 0.25) is 5.91 Å². The van der Waals surface area contributed by atoms with Crippen LogP contribution in [0.15, 0.2) is 29.2 Å². The number of carbonyl (C=O) groups excluding carboxylic acids is 2. The molecule has 1 aromatic rings. The van der Waals surface area contributed by atoms with Crippen LogP contribution in [0.5, 0.6) is 0 Å². The molecule has 0 radical (unpaired) electrons. The smallest absolute Gasteiger partial charge is 0.229 e. The molecule has 1 N–H and O–H groups in total. The van der Waals surface area contributed by atoms with Gasteiger partial charge in [0.05, 0.1) is 5.69 Å². The van der Waals surface area contributed by atoms with Crippen LogP contribution in [0.1, 0.15) is 34.6 Å². The van der Waals surface area contributed by atoms with Crippen LogP contribution < -0.4 is 5.32 Å². The van der Waals surface area contributed by atoms with E-state index in [9.17, 15) is 9.59 Å². The van der Waals surface area contributed by atoms with Crippen LogP contribution in [0.4, 0.5) is 5.69 Å². The van der Waals surface area contributed by atoms with Crippen molar-refractivity contribution in [2.24, 2.45) is 11.3 Å². The number of anilines is 1. The minimum Gasteiger partial charge on any atom is -0.325 e. The Kier molecular flexibility index (Phi) is 5.18. The van der Waals surface area contributed by atoms with E-state index in [4.69, 9.17) is 0 Å². The van der Waals surface area contributed by atoms with Crippen LogP contribution in [-0.2, 0) is 9.59 Å². The van der Waals surface area contributed by atoms with Crippen molar-refractivity contribution >= 4 is 28.5 Å². The van der Waals surface area contributed by atoms with E-state index in [0.717, 1.165) is 4.90 Å². The van der Waals surface area contributed by atoms with Gasteiger partial charge < -0.3 is 5.32 Å². The van der Waals surface area contributed by atoms with E-state index in [1.807, 2.05) is 58.9 Å². The van der Waals surface area contributed by atoms with Crippen molar-refractivity contribution in [3.05, 3.63) is 24.3 Å². The highest BCUT2D eigenvalue weighted by molar-refractivity contribution is 8.13. The van der Waals surface area contributed by atoms with E-state index in [1.165, 1.54) is 11.8 Å². The summed E-state index contributed by atoms with van der Waals surface area (Å²) in [5.74, 6) is -0.0890. The quantitative estimate of drug-likeness (QED) is 0.852. The number of rotatable bonds is 3. The molecule has 0 aliphatic carbocycles. The first-order valence-corrected chi connectivity index (χ1v) is 7.15. The summed E-state index contributed by atoms with van der Waals surface area (Å²) in [5, 5.41) is 2.98. The number of carbonyl (C=O) groups is 2. The molecule has 0 fully saturated rings. The van der Waals surface area contributed by atoms with Crippen LogP contribution in [0.3, 0.4) is 0 Å². The number of hydrogen-bond donors (Lipinski definition) is 1. The average Bonchev–Trinajstić information content (AvgIpc) is 2.30. The minimum atomic E-state index is -0.458. The summed E-state index contributed by atoms with van der Waals surface area (Å²) in [6.45, 7) is 9.31. The number of amides is 1. The van der Waals surface area contributed by atoms with Crippen molar-refractivity contribution in [2.75, 3.05) is 5.32 Å². The third kappa shape index (κ3) is 4.71. The van der Waals surface area contributed by atoms with Crippen molar-refractivity contribution in [2.45, 2.75) is 39.5 Å². The first-order valence-electron chi connectivity index (χ1n) is 6.34. The molecule has 0 spiro atoms. The summed E-state index contributed by atoms with van der Waals surface area (Å²) in [6, 6.07) is 7.38. The zero-order chi connectivity index (χ0) is 14.6. The van der Waals surface area contributed by atoms with Gasteiger partial charge in [0.25, 0.3) is 0 Å². The summed E-state index contributed by atoms with van der Waals surface area (Å²) in [6.07, 6.45) is 0. The molecule has 19 heavy (non-hydrogen) atoms. The maximum Gasteiger partial charge on any atom is 0.229 e. The molecule has 0 atom stereocenters. The average molecular weight is 279 g/mol. The molecule has 1 rings (SSSR count). The molecule has 0 bridgehead atoms. The lowest BCUT2D eigenvalue weighted by Gasteiger charge is -2.19. The summed E-state index contributed by atoms with van der Waals surface area (Å²) in [7, 11) is 0. The number of para-hydroxylation sites is 1. The molecular weight excluding hydrogens is 258 g/mol. The molecule has 0 aliphatic rings. The monoisotopic (exact) mass is 279 g/mol. The fourth-order valence-electron chi connectivity index (χ4n) is 1.19. The maximum atomic E-state index is 12.0.